The van der Waals surface area contributed by atoms with E-state index in [2.05, 4.69) is 0 Å². The summed E-state index contributed by atoms with van der Waals surface area (Å²) in [4.78, 5) is 22.3. The quantitative estimate of drug-likeness (QED) is 0.705. The van der Waals surface area contributed by atoms with Crippen LogP contribution in [-0.4, -0.2) is 34.6 Å². The van der Waals surface area contributed by atoms with Gasteiger partial charge in [0.2, 0.25) is 5.91 Å². The van der Waals surface area contributed by atoms with Crippen molar-refractivity contribution in [3.63, 3.8) is 0 Å². The number of primary amides is 1. The number of aliphatic hydroxyl groups is 2. The smallest absolute Gasteiger partial charge is 0.220 e. The Morgan fingerprint density at radius 3 is 2.84 bits per heavy atom. The average molecular weight is 265 g/mol. The van der Waals surface area contributed by atoms with Gasteiger partial charge in [-0.05, 0) is 17.7 Å². The van der Waals surface area contributed by atoms with E-state index in [-0.39, 0.29) is 12.2 Å². The summed E-state index contributed by atoms with van der Waals surface area (Å²) in [6, 6.07) is 4.58. The Kier molecular flexibility index (Phi) is 3.82. The number of nitrogens with two attached hydrogens (primary N) is 1. The molecule has 0 aliphatic carbocycles. The number of hydrogen-bond donors (Lipinski definition) is 3. The highest BCUT2D eigenvalue weighted by Gasteiger charge is 2.24. The average Bonchev–Trinajstić information content (AvgIpc) is 2.37. The summed E-state index contributed by atoms with van der Waals surface area (Å²) in [5.41, 5.74) is 5.80. The van der Waals surface area contributed by atoms with Crippen molar-refractivity contribution in [1.82, 2.24) is 0 Å². The Morgan fingerprint density at radius 2 is 2.16 bits per heavy atom. The number of carbonyl (C=O) groups excluding carboxylic acids is 2. The maximum atomic E-state index is 11.6. The minimum atomic E-state index is -1.28. The lowest BCUT2D eigenvalue weighted by Crippen LogP contribution is -2.26. The highest BCUT2D eigenvalue weighted by atomic mass is 16.5. The maximum Gasteiger partial charge on any atom is 0.220 e. The van der Waals surface area contributed by atoms with Gasteiger partial charge in [0.25, 0.3) is 0 Å². The van der Waals surface area contributed by atoms with Crippen molar-refractivity contribution in [3.05, 3.63) is 29.3 Å². The first-order valence-corrected chi connectivity index (χ1v) is 5.93. The van der Waals surface area contributed by atoms with Crippen molar-refractivity contribution >= 4 is 11.7 Å². The molecule has 0 bridgehead atoms. The van der Waals surface area contributed by atoms with E-state index >= 15 is 0 Å². The first-order chi connectivity index (χ1) is 8.99. The fraction of sp³-hybridized carbons (Fsp3) is 0.385. The number of benzene rings is 1. The number of Topliss-reactive ketones (excluding diaryl/α,β-unsaturated/α-hetero) is 1. The van der Waals surface area contributed by atoms with Gasteiger partial charge in [-0.25, -0.2) is 0 Å². The molecule has 2 unspecified atom stereocenters. The molecule has 0 saturated heterocycles. The van der Waals surface area contributed by atoms with Crippen LogP contribution in [0.25, 0.3) is 0 Å². The predicted octanol–water partition coefficient (Wildman–Crippen LogP) is -0.0785. The Balaban J connectivity index is 2.21. The number of carbonyl (C=O) groups is 2. The zero-order valence-corrected chi connectivity index (χ0v) is 10.2. The predicted molar refractivity (Wildman–Crippen MR) is 65.7 cm³/mol. The summed E-state index contributed by atoms with van der Waals surface area (Å²) in [5, 5.41) is 19.5. The van der Waals surface area contributed by atoms with Crippen LogP contribution >= 0.6 is 0 Å². The molecular formula is C13H15NO5. The van der Waals surface area contributed by atoms with Gasteiger partial charge in [-0.1, -0.05) is 6.07 Å². The third kappa shape index (κ3) is 2.91. The zero-order chi connectivity index (χ0) is 14.0. The SMILES string of the molecule is NC(=O)CC(O)C(O)c1ccc2c(c1)OCCC2=O. The van der Waals surface area contributed by atoms with Gasteiger partial charge in [0, 0.05) is 6.42 Å². The topological polar surface area (TPSA) is 110 Å². The third-order valence-electron chi connectivity index (χ3n) is 3.01. The summed E-state index contributed by atoms with van der Waals surface area (Å²) in [6.07, 6.45) is -2.54. The number of ether oxygens (including phenoxy) is 1. The van der Waals surface area contributed by atoms with Gasteiger partial charge in [0.1, 0.15) is 11.9 Å². The standard InChI is InChI=1S/C13H15NO5/c14-12(17)6-10(16)13(18)7-1-2-8-9(15)3-4-19-11(8)5-7/h1-2,5,10,13,16,18H,3-4,6H2,(H2,14,17). The van der Waals surface area contributed by atoms with Gasteiger partial charge < -0.3 is 20.7 Å². The van der Waals surface area contributed by atoms with E-state index in [0.717, 1.165) is 0 Å². The monoisotopic (exact) mass is 265 g/mol. The fourth-order valence-corrected chi connectivity index (χ4v) is 2.00. The van der Waals surface area contributed by atoms with Gasteiger partial charge in [-0.2, -0.15) is 0 Å². The molecule has 102 valence electrons. The van der Waals surface area contributed by atoms with E-state index in [4.69, 9.17) is 10.5 Å². The zero-order valence-electron chi connectivity index (χ0n) is 10.2. The number of hydrogen-bond acceptors (Lipinski definition) is 5. The van der Waals surface area contributed by atoms with Crippen LogP contribution in [0.5, 0.6) is 5.75 Å². The van der Waals surface area contributed by atoms with Crippen LogP contribution in [0.15, 0.2) is 18.2 Å². The second-order valence-electron chi connectivity index (χ2n) is 4.46. The lowest BCUT2D eigenvalue weighted by molar-refractivity contribution is -0.121. The molecular weight excluding hydrogens is 250 g/mol. The van der Waals surface area contributed by atoms with Crippen molar-refractivity contribution in [2.24, 2.45) is 5.73 Å². The van der Waals surface area contributed by atoms with Crippen LogP contribution in [0, 0.1) is 0 Å². The first kappa shape index (κ1) is 13.5. The van der Waals surface area contributed by atoms with E-state index in [1.165, 1.54) is 12.1 Å². The van der Waals surface area contributed by atoms with Crippen molar-refractivity contribution < 1.29 is 24.5 Å². The summed E-state index contributed by atoms with van der Waals surface area (Å²) in [5.74, 6) is -0.324. The molecule has 1 aromatic carbocycles. The van der Waals surface area contributed by atoms with Crippen LogP contribution in [0.3, 0.4) is 0 Å². The molecule has 0 saturated carbocycles. The Labute approximate surface area is 109 Å². The Hall–Kier alpha value is -1.92. The van der Waals surface area contributed by atoms with Crippen molar-refractivity contribution in [1.29, 1.82) is 0 Å². The number of amides is 1. The van der Waals surface area contributed by atoms with Gasteiger partial charge in [0.05, 0.1) is 24.7 Å². The second-order valence-corrected chi connectivity index (χ2v) is 4.46. The highest BCUT2D eigenvalue weighted by molar-refractivity contribution is 5.99. The van der Waals surface area contributed by atoms with E-state index in [0.29, 0.717) is 29.9 Å². The van der Waals surface area contributed by atoms with Crippen LogP contribution in [0.1, 0.15) is 34.9 Å². The van der Waals surface area contributed by atoms with E-state index in [9.17, 15) is 19.8 Å². The van der Waals surface area contributed by atoms with Gasteiger partial charge in [0.15, 0.2) is 5.78 Å². The number of aliphatic hydroxyl groups excluding tert-OH is 2. The molecule has 2 atom stereocenters. The highest BCUT2D eigenvalue weighted by Crippen LogP contribution is 2.29. The Bertz CT molecular complexity index is 514. The minimum absolute atomic E-state index is 0.0139. The molecule has 1 amide bonds. The van der Waals surface area contributed by atoms with E-state index in [1.807, 2.05) is 0 Å². The number of ketones is 1. The molecule has 2 rings (SSSR count). The van der Waals surface area contributed by atoms with Crippen LogP contribution in [-0.2, 0) is 4.79 Å². The molecule has 0 spiro atoms. The van der Waals surface area contributed by atoms with E-state index < -0.39 is 18.1 Å². The van der Waals surface area contributed by atoms with Gasteiger partial charge in [-0.15, -0.1) is 0 Å². The van der Waals surface area contributed by atoms with Crippen LogP contribution in [0.2, 0.25) is 0 Å². The molecule has 6 heteroatoms. The Morgan fingerprint density at radius 1 is 1.42 bits per heavy atom. The van der Waals surface area contributed by atoms with Crippen molar-refractivity contribution in [2.75, 3.05) is 6.61 Å². The largest absolute Gasteiger partial charge is 0.492 e. The fourth-order valence-electron chi connectivity index (χ4n) is 2.00. The lowest BCUT2D eigenvalue weighted by Gasteiger charge is -2.21. The molecule has 4 N–H and O–H groups in total. The minimum Gasteiger partial charge on any atom is -0.492 e. The summed E-state index contributed by atoms with van der Waals surface area (Å²) >= 11 is 0. The summed E-state index contributed by atoms with van der Waals surface area (Å²) in [6.45, 7) is 0.301. The first-order valence-electron chi connectivity index (χ1n) is 5.93. The summed E-state index contributed by atoms with van der Waals surface area (Å²) < 4.78 is 5.34. The van der Waals surface area contributed by atoms with Gasteiger partial charge >= 0.3 is 0 Å². The number of rotatable bonds is 4. The lowest BCUT2D eigenvalue weighted by atomic mass is 9.97. The van der Waals surface area contributed by atoms with Crippen molar-refractivity contribution in [3.8, 4) is 5.75 Å². The molecule has 6 nitrogen and oxygen atoms in total. The summed E-state index contributed by atoms with van der Waals surface area (Å²) in [7, 11) is 0. The maximum absolute atomic E-state index is 11.6. The molecule has 0 radical (unpaired) electrons. The second kappa shape index (κ2) is 5.38. The molecule has 0 aromatic heterocycles. The van der Waals surface area contributed by atoms with Crippen molar-refractivity contribution in [2.45, 2.75) is 25.0 Å². The molecule has 1 aliphatic heterocycles. The molecule has 0 fully saturated rings. The number of fused-ring (bicyclic) bond motifs is 1. The normalized spacial score (nSPS) is 17.3. The van der Waals surface area contributed by atoms with Crippen LogP contribution in [0.4, 0.5) is 0 Å². The molecule has 1 heterocycles. The molecule has 19 heavy (non-hydrogen) atoms. The molecule has 1 aliphatic rings. The van der Waals surface area contributed by atoms with E-state index in [1.54, 1.807) is 6.07 Å². The molecule has 1 aromatic rings. The van der Waals surface area contributed by atoms with Gasteiger partial charge in [-0.3, -0.25) is 9.59 Å². The van der Waals surface area contributed by atoms with Crippen LogP contribution < -0.4 is 10.5 Å². The third-order valence-corrected chi connectivity index (χ3v) is 3.01.